The molecule has 26 heavy (non-hydrogen) atoms. The second kappa shape index (κ2) is 10.1. The van der Waals surface area contributed by atoms with Crippen LogP contribution in [-0.2, 0) is 13.0 Å². The number of nitrogens with one attached hydrogen (secondary N) is 1. The molecule has 1 saturated heterocycles. The Labute approximate surface area is 158 Å². The van der Waals surface area contributed by atoms with Crippen LogP contribution in [0.15, 0.2) is 0 Å². The first kappa shape index (κ1) is 19.4. The number of nitrogens with zero attached hydrogens (tertiary/aromatic N) is 4. The molecule has 3 rings (SSSR count). The maximum Gasteiger partial charge on any atom is 0.318 e. The number of hydrogen-bond acceptors (Lipinski definition) is 6. The summed E-state index contributed by atoms with van der Waals surface area (Å²) >= 11 is 0. The van der Waals surface area contributed by atoms with Crippen molar-refractivity contribution in [2.24, 2.45) is 0 Å². The number of rotatable bonds is 9. The summed E-state index contributed by atoms with van der Waals surface area (Å²) in [4.78, 5) is 14.5. The average Bonchev–Trinajstić information content (AvgIpc) is 2.68. The van der Waals surface area contributed by atoms with Crippen LogP contribution in [0, 0.1) is 0 Å². The number of likely N-dealkylation sites (tertiary alicyclic amines) is 1. The molecule has 1 N–H and O–H groups in total. The van der Waals surface area contributed by atoms with E-state index in [1.807, 2.05) is 0 Å². The van der Waals surface area contributed by atoms with Crippen LogP contribution in [0.4, 0.5) is 5.82 Å². The molecule has 0 saturated carbocycles. The van der Waals surface area contributed by atoms with Crippen LogP contribution in [-0.4, -0.2) is 60.7 Å². The molecule has 6 nitrogen and oxygen atoms in total. The van der Waals surface area contributed by atoms with Gasteiger partial charge in [-0.05, 0) is 51.7 Å². The SMILES string of the molecule is CCCN(CCC)c1nc(OCCN2CCCCC2)nc2c1CCNC2. The van der Waals surface area contributed by atoms with E-state index in [4.69, 9.17) is 14.7 Å². The molecule has 0 amide bonds. The predicted octanol–water partition coefficient (Wildman–Crippen LogP) is 2.61. The monoisotopic (exact) mass is 361 g/mol. The van der Waals surface area contributed by atoms with Gasteiger partial charge < -0.3 is 15.0 Å². The van der Waals surface area contributed by atoms with Gasteiger partial charge in [0.1, 0.15) is 12.4 Å². The molecule has 1 aromatic rings. The van der Waals surface area contributed by atoms with E-state index in [1.165, 1.54) is 37.9 Å². The Hall–Kier alpha value is -1.40. The molecule has 1 aromatic heterocycles. The van der Waals surface area contributed by atoms with Gasteiger partial charge in [0.2, 0.25) is 0 Å². The lowest BCUT2D eigenvalue weighted by molar-refractivity contribution is 0.177. The van der Waals surface area contributed by atoms with Crippen molar-refractivity contribution in [2.75, 3.05) is 50.8 Å². The summed E-state index contributed by atoms with van der Waals surface area (Å²) in [5, 5.41) is 3.43. The van der Waals surface area contributed by atoms with Crippen molar-refractivity contribution in [1.82, 2.24) is 20.2 Å². The molecular weight excluding hydrogens is 326 g/mol. The largest absolute Gasteiger partial charge is 0.462 e. The average molecular weight is 362 g/mol. The molecule has 0 spiro atoms. The van der Waals surface area contributed by atoms with Crippen molar-refractivity contribution in [3.05, 3.63) is 11.3 Å². The molecular formula is C20H35N5O. The standard InChI is InChI=1S/C20H35N5O/c1-3-10-25(11-4-2)19-17-8-9-21-16-18(17)22-20(23-19)26-15-14-24-12-6-5-7-13-24/h21H,3-16H2,1-2H3. The lowest BCUT2D eigenvalue weighted by Gasteiger charge is -2.29. The highest BCUT2D eigenvalue weighted by Crippen LogP contribution is 2.26. The Morgan fingerprint density at radius 3 is 2.58 bits per heavy atom. The molecule has 146 valence electrons. The molecule has 1 fully saturated rings. The van der Waals surface area contributed by atoms with Gasteiger partial charge in [-0.1, -0.05) is 20.3 Å². The van der Waals surface area contributed by atoms with E-state index in [2.05, 4.69) is 29.0 Å². The first-order valence-electron chi connectivity index (χ1n) is 10.5. The van der Waals surface area contributed by atoms with Gasteiger partial charge in [0.15, 0.2) is 0 Å². The Bertz CT molecular complexity index is 553. The normalized spacial score (nSPS) is 17.8. The quantitative estimate of drug-likeness (QED) is 0.730. The minimum atomic E-state index is 0.552. The van der Waals surface area contributed by atoms with Crippen molar-refractivity contribution in [3.8, 4) is 6.01 Å². The first-order valence-corrected chi connectivity index (χ1v) is 10.5. The third kappa shape index (κ3) is 5.07. The van der Waals surface area contributed by atoms with Crippen molar-refractivity contribution >= 4 is 5.82 Å². The lowest BCUT2D eigenvalue weighted by atomic mass is 10.1. The van der Waals surface area contributed by atoms with E-state index in [-0.39, 0.29) is 0 Å². The second-order valence-electron chi connectivity index (χ2n) is 7.42. The summed E-state index contributed by atoms with van der Waals surface area (Å²) in [6, 6.07) is 0.552. The molecule has 6 heteroatoms. The maximum atomic E-state index is 6.00. The van der Waals surface area contributed by atoms with Crippen molar-refractivity contribution < 1.29 is 4.74 Å². The zero-order valence-electron chi connectivity index (χ0n) is 16.6. The topological polar surface area (TPSA) is 53.5 Å². The number of anilines is 1. The summed E-state index contributed by atoms with van der Waals surface area (Å²) in [6.07, 6.45) is 7.25. The van der Waals surface area contributed by atoms with Gasteiger partial charge in [-0.15, -0.1) is 0 Å². The fourth-order valence-electron chi connectivity index (χ4n) is 3.96. The Morgan fingerprint density at radius 2 is 1.85 bits per heavy atom. The summed E-state index contributed by atoms with van der Waals surface area (Å²) < 4.78 is 6.00. The third-order valence-corrected chi connectivity index (χ3v) is 5.27. The number of aromatic nitrogens is 2. The van der Waals surface area contributed by atoms with Crippen molar-refractivity contribution in [1.29, 1.82) is 0 Å². The summed E-state index contributed by atoms with van der Waals surface area (Å²) in [6.45, 7) is 12.4. The Morgan fingerprint density at radius 1 is 1.08 bits per heavy atom. The van der Waals surface area contributed by atoms with Crippen molar-refractivity contribution in [3.63, 3.8) is 0 Å². The van der Waals surface area contributed by atoms with Crippen molar-refractivity contribution in [2.45, 2.75) is 58.9 Å². The van der Waals surface area contributed by atoms with Gasteiger partial charge in [0, 0.05) is 31.7 Å². The summed E-state index contributed by atoms with van der Waals surface area (Å²) in [5.41, 5.74) is 2.43. The maximum absolute atomic E-state index is 6.00. The minimum absolute atomic E-state index is 0.552. The zero-order valence-corrected chi connectivity index (χ0v) is 16.6. The fourth-order valence-corrected chi connectivity index (χ4v) is 3.96. The zero-order chi connectivity index (χ0) is 18.2. The molecule has 0 bridgehead atoms. The van der Waals surface area contributed by atoms with Crippen LogP contribution in [0.3, 0.4) is 0 Å². The smallest absolute Gasteiger partial charge is 0.318 e. The third-order valence-electron chi connectivity index (χ3n) is 5.27. The van der Waals surface area contributed by atoms with Crippen LogP contribution in [0.2, 0.25) is 0 Å². The highest BCUT2D eigenvalue weighted by molar-refractivity contribution is 5.51. The van der Waals surface area contributed by atoms with Gasteiger partial charge in [-0.3, -0.25) is 4.90 Å². The van der Waals surface area contributed by atoms with Gasteiger partial charge in [-0.2, -0.15) is 9.97 Å². The number of fused-ring (bicyclic) bond motifs is 1. The highest BCUT2D eigenvalue weighted by atomic mass is 16.5. The molecule has 2 aliphatic heterocycles. The Kier molecular flexibility index (Phi) is 7.50. The van der Waals surface area contributed by atoms with E-state index in [0.717, 1.165) is 63.5 Å². The number of hydrogen-bond donors (Lipinski definition) is 1. The van der Waals surface area contributed by atoms with E-state index in [9.17, 15) is 0 Å². The Balaban J connectivity index is 1.71. The molecule has 3 heterocycles. The van der Waals surface area contributed by atoms with Gasteiger partial charge in [0.05, 0.1) is 5.69 Å². The minimum Gasteiger partial charge on any atom is -0.462 e. The molecule has 0 aromatic carbocycles. The molecule has 2 aliphatic rings. The predicted molar refractivity (Wildman–Crippen MR) is 106 cm³/mol. The first-order chi connectivity index (χ1) is 12.8. The van der Waals surface area contributed by atoms with E-state index >= 15 is 0 Å². The van der Waals surface area contributed by atoms with Crippen LogP contribution in [0.1, 0.15) is 57.2 Å². The summed E-state index contributed by atoms with van der Waals surface area (Å²) in [5.74, 6) is 1.10. The van der Waals surface area contributed by atoms with Crippen LogP contribution in [0.5, 0.6) is 6.01 Å². The van der Waals surface area contributed by atoms with E-state index in [1.54, 1.807) is 0 Å². The van der Waals surface area contributed by atoms with E-state index in [0.29, 0.717) is 12.6 Å². The van der Waals surface area contributed by atoms with Crippen LogP contribution >= 0.6 is 0 Å². The number of ether oxygens (including phenoxy) is 1. The highest BCUT2D eigenvalue weighted by Gasteiger charge is 2.22. The number of piperidine rings is 1. The molecule has 0 atom stereocenters. The van der Waals surface area contributed by atoms with Gasteiger partial charge >= 0.3 is 6.01 Å². The second-order valence-corrected chi connectivity index (χ2v) is 7.42. The lowest BCUT2D eigenvalue weighted by Crippen LogP contribution is -2.34. The van der Waals surface area contributed by atoms with Gasteiger partial charge in [-0.25, -0.2) is 0 Å². The van der Waals surface area contributed by atoms with Crippen LogP contribution < -0.4 is 15.0 Å². The van der Waals surface area contributed by atoms with Gasteiger partial charge in [0.25, 0.3) is 0 Å². The molecule has 0 aliphatic carbocycles. The molecule has 0 radical (unpaired) electrons. The van der Waals surface area contributed by atoms with E-state index < -0.39 is 0 Å². The fraction of sp³-hybridized carbons (Fsp3) is 0.800. The summed E-state index contributed by atoms with van der Waals surface area (Å²) in [7, 11) is 0. The van der Waals surface area contributed by atoms with Crippen LogP contribution in [0.25, 0.3) is 0 Å². The molecule has 0 unspecified atom stereocenters.